The van der Waals surface area contributed by atoms with E-state index in [0.29, 0.717) is 30.7 Å². The summed E-state index contributed by atoms with van der Waals surface area (Å²) in [6.07, 6.45) is 4.99. The molecule has 3 heterocycles. The Morgan fingerprint density at radius 2 is 1.97 bits per heavy atom. The Hall–Kier alpha value is -3.62. The predicted octanol–water partition coefficient (Wildman–Crippen LogP) is 2.83. The first-order valence-corrected chi connectivity index (χ1v) is 10.7. The maximum atomic E-state index is 13.3. The normalized spacial score (nSPS) is 21.9. The summed E-state index contributed by atoms with van der Waals surface area (Å²) in [5.41, 5.74) is 0.727. The molecular formula is C23H24N4O5. The molecule has 0 unspecified atom stereocenters. The Balaban J connectivity index is 1.39. The van der Waals surface area contributed by atoms with Gasteiger partial charge in [0.05, 0.1) is 19.1 Å². The SMILES string of the molecule is COc1ccc(C2=NN(C(=O)CN3C(=O)NC4(CCCC4)C3=O)[C@H](c3ccco3)C2)cc1. The minimum atomic E-state index is -0.847. The number of furan rings is 1. The summed E-state index contributed by atoms with van der Waals surface area (Å²) in [5.74, 6) is 0.562. The Morgan fingerprint density at radius 3 is 2.62 bits per heavy atom. The lowest BCUT2D eigenvalue weighted by Crippen LogP contribution is -2.45. The average molecular weight is 436 g/mol. The van der Waals surface area contributed by atoms with Crippen molar-refractivity contribution in [3.8, 4) is 5.75 Å². The number of imide groups is 1. The highest BCUT2D eigenvalue weighted by atomic mass is 16.5. The molecule has 9 nitrogen and oxygen atoms in total. The number of ether oxygens (including phenoxy) is 1. The zero-order chi connectivity index (χ0) is 22.3. The summed E-state index contributed by atoms with van der Waals surface area (Å²) < 4.78 is 10.8. The van der Waals surface area contributed by atoms with Crippen LogP contribution in [0.15, 0.2) is 52.2 Å². The van der Waals surface area contributed by atoms with Crippen molar-refractivity contribution in [1.82, 2.24) is 15.2 Å². The minimum absolute atomic E-state index is 0.318. The van der Waals surface area contributed by atoms with Crippen LogP contribution in [0.2, 0.25) is 0 Å². The molecule has 1 saturated heterocycles. The summed E-state index contributed by atoms with van der Waals surface area (Å²) in [7, 11) is 1.60. The van der Waals surface area contributed by atoms with Crippen molar-refractivity contribution in [2.24, 2.45) is 5.10 Å². The van der Waals surface area contributed by atoms with E-state index >= 15 is 0 Å². The van der Waals surface area contributed by atoms with Crippen LogP contribution in [0.1, 0.15) is 49.5 Å². The van der Waals surface area contributed by atoms with Gasteiger partial charge in [0, 0.05) is 6.42 Å². The van der Waals surface area contributed by atoms with Crippen LogP contribution in [-0.4, -0.2) is 52.7 Å². The van der Waals surface area contributed by atoms with Gasteiger partial charge in [0.15, 0.2) is 0 Å². The first-order valence-electron chi connectivity index (χ1n) is 10.7. The zero-order valence-corrected chi connectivity index (χ0v) is 17.7. The van der Waals surface area contributed by atoms with Crippen molar-refractivity contribution >= 4 is 23.6 Å². The fraction of sp³-hybridized carbons (Fsp3) is 0.391. The number of hydrazone groups is 1. The second-order valence-corrected chi connectivity index (χ2v) is 8.36. The Labute approximate surface area is 185 Å². The molecule has 3 aliphatic rings. The molecule has 1 aromatic carbocycles. The summed E-state index contributed by atoms with van der Waals surface area (Å²) in [6.45, 7) is -0.358. The molecule has 9 heteroatoms. The summed E-state index contributed by atoms with van der Waals surface area (Å²) in [4.78, 5) is 39.7. The van der Waals surface area contributed by atoms with Crippen molar-refractivity contribution in [1.29, 1.82) is 0 Å². The van der Waals surface area contributed by atoms with Gasteiger partial charge in [0.25, 0.3) is 11.8 Å². The number of hydrogen-bond acceptors (Lipinski definition) is 6. The number of carbonyl (C=O) groups excluding carboxylic acids is 3. The Morgan fingerprint density at radius 1 is 1.22 bits per heavy atom. The average Bonchev–Trinajstić information content (AvgIpc) is 3.59. The second-order valence-electron chi connectivity index (χ2n) is 8.36. The largest absolute Gasteiger partial charge is 0.497 e. The zero-order valence-electron chi connectivity index (χ0n) is 17.7. The molecule has 0 radical (unpaired) electrons. The third-order valence-corrected chi connectivity index (χ3v) is 6.46. The summed E-state index contributed by atoms with van der Waals surface area (Å²) >= 11 is 0. The van der Waals surface area contributed by atoms with E-state index < -0.39 is 23.5 Å². The van der Waals surface area contributed by atoms with Gasteiger partial charge in [-0.1, -0.05) is 12.8 Å². The standard InChI is InChI=1S/C23H24N4O5/c1-31-16-8-6-15(7-9-16)17-13-18(19-5-4-12-32-19)27(25-17)20(28)14-26-21(29)23(24-22(26)30)10-2-3-11-23/h4-9,12,18H,2-3,10-11,13-14H2,1H3,(H,24,30)/t18-/m0/s1. The molecule has 1 N–H and O–H groups in total. The van der Waals surface area contributed by atoms with E-state index in [2.05, 4.69) is 10.4 Å². The monoisotopic (exact) mass is 436 g/mol. The molecule has 0 bridgehead atoms. The molecule has 4 amide bonds. The number of amides is 4. The Bertz CT molecular complexity index is 1070. The molecule has 5 rings (SSSR count). The number of nitrogens with zero attached hydrogens (tertiary/aromatic N) is 3. The van der Waals surface area contributed by atoms with Crippen molar-refractivity contribution < 1.29 is 23.5 Å². The molecular weight excluding hydrogens is 412 g/mol. The van der Waals surface area contributed by atoms with Crippen molar-refractivity contribution in [2.75, 3.05) is 13.7 Å². The highest BCUT2D eigenvalue weighted by Crippen LogP contribution is 2.36. The smallest absolute Gasteiger partial charge is 0.325 e. The van der Waals surface area contributed by atoms with Crippen LogP contribution in [0.3, 0.4) is 0 Å². The van der Waals surface area contributed by atoms with E-state index in [1.165, 1.54) is 5.01 Å². The number of nitrogens with one attached hydrogen (secondary N) is 1. The molecule has 2 aromatic rings. The van der Waals surface area contributed by atoms with Gasteiger partial charge in [-0.2, -0.15) is 5.10 Å². The molecule has 1 atom stereocenters. The van der Waals surface area contributed by atoms with Gasteiger partial charge in [-0.05, 0) is 54.8 Å². The van der Waals surface area contributed by atoms with Gasteiger partial charge in [0.2, 0.25) is 0 Å². The lowest BCUT2D eigenvalue weighted by Gasteiger charge is -2.23. The van der Waals surface area contributed by atoms with Crippen LogP contribution in [0, 0.1) is 0 Å². The van der Waals surface area contributed by atoms with E-state index in [-0.39, 0.29) is 12.5 Å². The van der Waals surface area contributed by atoms with Gasteiger partial charge in [-0.15, -0.1) is 0 Å². The van der Waals surface area contributed by atoms with E-state index in [1.54, 1.807) is 25.5 Å². The molecule has 2 fully saturated rings. The molecule has 2 aliphatic heterocycles. The third-order valence-electron chi connectivity index (χ3n) is 6.46. The van der Waals surface area contributed by atoms with Crippen LogP contribution < -0.4 is 10.1 Å². The quantitative estimate of drug-likeness (QED) is 0.726. The minimum Gasteiger partial charge on any atom is -0.497 e. The van der Waals surface area contributed by atoms with Crippen LogP contribution >= 0.6 is 0 Å². The molecule has 1 aliphatic carbocycles. The van der Waals surface area contributed by atoms with E-state index in [4.69, 9.17) is 9.15 Å². The third kappa shape index (κ3) is 3.34. The first kappa shape index (κ1) is 20.3. The number of rotatable bonds is 5. The van der Waals surface area contributed by atoms with E-state index in [1.807, 2.05) is 24.3 Å². The van der Waals surface area contributed by atoms with Crippen molar-refractivity contribution in [3.05, 3.63) is 54.0 Å². The lowest BCUT2D eigenvalue weighted by atomic mass is 9.98. The molecule has 1 saturated carbocycles. The maximum absolute atomic E-state index is 13.3. The second kappa shape index (κ2) is 7.81. The van der Waals surface area contributed by atoms with Crippen molar-refractivity contribution in [2.45, 2.75) is 43.7 Å². The number of urea groups is 1. The fourth-order valence-electron chi connectivity index (χ4n) is 4.75. The van der Waals surface area contributed by atoms with Gasteiger partial charge in [-0.25, -0.2) is 9.80 Å². The summed E-state index contributed by atoms with van der Waals surface area (Å²) in [6, 6.07) is 10.0. The fourth-order valence-corrected chi connectivity index (χ4v) is 4.75. The summed E-state index contributed by atoms with van der Waals surface area (Å²) in [5, 5.41) is 8.70. The topological polar surface area (TPSA) is 104 Å². The maximum Gasteiger partial charge on any atom is 0.325 e. The van der Waals surface area contributed by atoms with Crippen molar-refractivity contribution in [3.63, 3.8) is 0 Å². The Kier molecular flexibility index (Phi) is 4.96. The number of methoxy groups -OCH3 is 1. The number of benzene rings is 1. The predicted molar refractivity (Wildman–Crippen MR) is 114 cm³/mol. The van der Waals surface area contributed by atoms with Crippen LogP contribution in [-0.2, 0) is 9.59 Å². The van der Waals surface area contributed by atoms with Crippen LogP contribution in [0.25, 0.3) is 0 Å². The highest BCUT2D eigenvalue weighted by molar-refractivity contribution is 6.09. The highest BCUT2D eigenvalue weighted by Gasteiger charge is 2.53. The van der Waals surface area contributed by atoms with E-state index in [0.717, 1.165) is 29.1 Å². The van der Waals surface area contributed by atoms with Gasteiger partial charge >= 0.3 is 6.03 Å². The van der Waals surface area contributed by atoms with Gasteiger partial charge in [0.1, 0.15) is 29.6 Å². The molecule has 1 spiro atoms. The number of hydrogen-bond donors (Lipinski definition) is 1. The first-order chi connectivity index (χ1) is 15.5. The van der Waals surface area contributed by atoms with Crippen LogP contribution in [0.5, 0.6) is 5.75 Å². The molecule has 1 aromatic heterocycles. The lowest BCUT2D eigenvalue weighted by molar-refractivity contribution is -0.140. The molecule has 166 valence electrons. The van der Waals surface area contributed by atoms with Gasteiger partial charge in [-0.3, -0.25) is 14.5 Å². The van der Waals surface area contributed by atoms with Gasteiger partial charge < -0.3 is 14.5 Å². The number of carbonyl (C=O) groups is 3. The van der Waals surface area contributed by atoms with E-state index in [9.17, 15) is 14.4 Å². The molecule has 32 heavy (non-hydrogen) atoms. The van der Waals surface area contributed by atoms with Crippen LogP contribution in [0.4, 0.5) is 4.79 Å².